The molecule has 2 heterocycles. The summed E-state index contributed by atoms with van der Waals surface area (Å²) in [6.45, 7) is 1.13. The van der Waals surface area contributed by atoms with Crippen LogP contribution in [0.2, 0.25) is 0 Å². The zero-order chi connectivity index (χ0) is 22.8. The highest BCUT2D eigenvalue weighted by Crippen LogP contribution is 2.26. The molecule has 1 amide bonds. The number of para-hydroxylation sites is 1. The zero-order valence-corrected chi connectivity index (χ0v) is 17.4. The number of carbonyl (C=O) groups is 3. The van der Waals surface area contributed by atoms with Crippen LogP contribution in [0.25, 0.3) is 11.0 Å². The topological polar surface area (TPSA) is 97.0 Å². The van der Waals surface area contributed by atoms with E-state index >= 15 is 0 Å². The van der Waals surface area contributed by atoms with Crippen molar-refractivity contribution < 1.29 is 33.0 Å². The molecule has 0 bridgehead atoms. The van der Waals surface area contributed by atoms with E-state index in [1.54, 1.807) is 25.1 Å². The summed E-state index contributed by atoms with van der Waals surface area (Å²) >= 11 is 0. The first kappa shape index (κ1) is 21.7. The van der Waals surface area contributed by atoms with Gasteiger partial charge in [0, 0.05) is 23.9 Å². The summed E-state index contributed by atoms with van der Waals surface area (Å²) in [5.41, 5.74) is 1.41. The van der Waals surface area contributed by atoms with Crippen molar-refractivity contribution in [2.24, 2.45) is 0 Å². The number of hydrogen-bond acceptors (Lipinski definition) is 6. The highest BCUT2D eigenvalue weighted by atomic mass is 19.1. The van der Waals surface area contributed by atoms with Gasteiger partial charge in [-0.2, -0.15) is 0 Å². The van der Waals surface area contributed by atoms with E-state index in [1.807, 2.05) is 12.1 Å². The van der Waals surface area contributed by atoms with Crippen molar-refractivity contribution in [3.8, 4) is 0 Å². The van der Waals surface area contributed by atoms with Crippen molar-refractivity contribution >= 4 is 28.6 Å². The van der Waals surface area contributed by atoms with Crippen molar-refractivity contribution in [2.45, 2.75) is 31.9 Å². The number of aliphatic hydroxyl groups is 1. The number of esters is 1. The SMILES string of the molecule is Cc1c(C(=O)COC(=O)C2CC(O)CN2C(=O)Cc2ccccc2F)oc2ccccc12. The van der Waals surface area contributed by atoms with Crippen LogP contribution in [0, 0.1) is 12.7 Å². The van der Waals surface area contributed by atoms with Crippen LogP contribution in [-0.4, -0.2) is 53.0 Å². The molecule has 3 aromatic rings. The van der Waals surface area contributed by atoms with Gasteiger partial charge in [0.25, 0.3) is 0 Å². The summed E-state index contributed by atoms with van der Waals surface area (Å²) in [5.74, 6) is -2.22. The fourth-order valence-corrected chi connectivity index (χ4v) is 3.96. The Labute approximate surface area is 183 Å². The van der Waals surface area contributed by atoms with E-state index in [2.05, 4.69) is 0 Å². The summed E-state index contributed by atoms with van der Waals surface area (Å²) < 4.78 is 24.7. The van der Waals surface area contributed by atoms with Gasteiger partial charge in [-0.3, -0.25) is 9.59 Å². The van der Waals surface area contributed by atoms with Crippen LogP contribution in [0.3, 0.4) is 0 Å². The van der Waals surface area contributed by atoms with Gasteiger partial charge < -0.3 is 19.2 Å². The van der Waals surface area contributed by atoms with Gasteiger partial charge in [0.1, 0.15) is 17.4 Å². The van der Waals surface area contributed by atoms with Crippen LogP contribution in [0.5, 0.6) is 0 Å². The lowest BCUT2D eigenvalue weighted by atomic mass is 10.1. The smallest absolute Gasteiger partial charge is 0.329 e. The molecule has 4 rings (SSSR count). The maximum Gasteiger partial charge on any atom is 0.329 e. The molecule has 1 fully saturated rings. The molecular formula is C24H22FNO6. The molecule has 1 aromatic heterocycles. The van der Waals surface area contributed by atoms with Crippen molar-refractivity contribution in [3.05, 3.63) is 71.2 Å². The summed E-state index contributed by atoms with van der Waals surface area (Å²) in [4.78, 5) is 39.1. The number of aliphatic hydroxyl groups excluding tert-OH is 1. The number of ether oxygens (including phenoxy) is 1. The molecular weight excluding hydrogens is 417 g/mol. The number of carbonyl (C=O) groups excluding carboxylic acids is 3. The van der Waals surface area contributed by atoms with Gasteiger partial charge in [0.2, 0.25) is 11.7 Å². The van der Waals surface area contributed by atoms with Crippen LogP contribution in [-0.2, 0) is 20.7 Å². The number of halogens is 1. The third kappa shape index (κ3) is 4.27. The number of likely N-dealkylation sites (tertiary alicyclic amines) is 1. The normalized spacial score (nSPS) is 18.2. The van der Waals surface area contributed by atoms with Crippen LogP contribution < -0.4 is 0 Å². The Hall–Kier alpha value is -3.52. The minimum Gasteiger partial charge on any atom is -0.456 e. The fraction of sp³-hybridized carbons (Fsp3) is 0.292. The Balaban J connectivity index is 1.42. The molecule has 1 aliphatic heterocycles. The van der Waals surface area contributed by atoms with E-state index in [9.17, 15) is 23.9 Å². The molecule has 0 aliphatic carbocycles. The molecule has 1 saturated heterocycles. The number of Topliss-reactive ketones (excluding diaryl/α,β-unsaturated/α-hetero) is 1. The summed E-state index contributed by atoms with van der Waals surface area (Å²) in [6.07, 6.45) is -1.18. The van der Waals surface area contributed by atoms with Crippen LogP contribution >= 0.6 is 0 Å². The van der Waals surface area contributed by atoms with Gasteiger partial charge in [-0.1, -0.05) is 36.4 Å². The Morgan fingerprint density at radius 1 is 1.16 bits per heavy atom. The van der Waals surface area contributed by atoms with Crippen molar-refractivity contribution in [1.29, 1.82) is 0 Å². The van der Waals surface area contributed by atoms with Crippen molar-refractivity contribution in [1.82, 2.24) is 4.90 Å². The van der Waals surface area contributed by atoms with Crippen molar-refractivity contribution in [3.63, 3.8) is 0 Å². The first-order valence-electron chi connectivity index (χ1n) is 10.2. The number of fused-ring (bicyclic) bond motifs is 1. The summed E-state index contributed by atoms with van der Waals surface area (Å²) in [7, 11) is 0. The Kier molecular flexibility index (Phi) is 6.05. The predicted octanol–water partition coefficient (Wildman–Crippen LogP) is 2.81. The standard InChI is InChI=1S/C24H22FNO6/c1-14-17-7-3-5-9-21(17)32-23(14)20(28)13-31-24(30)19-11-16(27)12-26(19)22(29)10-15-6-2-4-8-18(15)25/h2-9,16,19,27H,10-13H2,1H3. The second kappa shape index (κ2) is 8.92. The van der Waals surface area contributed by atoms with Gasteiger partial charge >= 0.3 is 5.97 Å². The molecule has 8 heteroatoms. The number of furan rings is 1. The zero-order valence-electron chi connectivity index (χ0n) is 17.4. The van der Waals surface area contributed by atoms with Crippen molar-refractivity contribution in [2.75, 3.05) is 13.2 Å². The van der Waals surface area contributed by atoms with E-state index in [4.69, 9.17) is 9.15 Å². The number of nitrogens with zero attached hydrogens (tertiary/aromatic N) is 1. The van der Waals surface area contributed by atoms with Crippen LogP contribution in [0.1, 0.15) is 28.1 Å². The highest BCUT2D eigenvalue weighted by Gasteiger charge is 2.40. The number of benzene rings is 2. The quantitative estimate of drug-likeness (QED) is 0.469. The summed E-state index contributed by atoms with van der Waals surface area (Å²) in [5, 5.41) is 10.8. The molecule has 2 aromatic carbocycles. The summed E-state index contributed by atoms with van der Waals surface area (Å²) in [6, 6.07) is 12.0. The molecule has 1 aliphatic rings. The monoisotopic (exact) mass is 439 g/mol. The maximum atomic E-state index is 13.9. The average Bonchev–Trinajstić information content (AvgIpc) is 3.34. The number of β-amino-alcohol motifs (C(OH)–C–C–N with tert-alkyl or cyclic N) is 1. The third-order valence-corrected chi connectivity index (χ3v) is 5.61. The van der Waals surface area contributed by atoms with Gasteiger partial charge in [0.05, 0.1) is 12.5 Å². The predicted molar refractivity (Wildman–Crippen MR) is 112 cm³/mol. The van der Waals surface area contributed by atoms with E-state index in [0.29, 0.717) is 11.1 Å². The number of amides is 1. The van der Waals surface area contributed by atoms with Gasteiger partial charge in [-0.25, -0.2) is 9.18 Å². The fourth-order valence-electron chi connectivity index (χ4n) is 3.96. The maximum absolute atomic E-state index is 13.9. The lowest BCUT2D eigenvalue weighted by Crippen LogP contribution is -2.42. The molecule has 166 valence electrons. The molecule has 0 saturated carbocycles. The van der Waals surface area contributed by atoms with Gasteiger partial charge in [-0.05, 0) is 24.6 Å². The Morgan fingerprint density at radius 2 is 1.88 bits per heavy atom. The highest BCUT2D eigenvalue weighted by molar-refractivity contribution is 6.01. The van der Waals surface area contributed by atoms with E-state index in [-0.39, 0.29) is 30.7 Å². The molecule has 32 heavy (non-hydrogen) atoms. The van der Waals surface area contributed by atoms with Gasteiger partial charge in [-0.15, -0.1) is 0 Å². The minimum atomic E-state index is -1.05. The molecule has 1 N–H and O–H groups in total. The first-order valence-corrected chi connectivity index (χ1v) is 10.2. The number of aryl methyl sites for hydroxylation is 1. The minimum absolute atomic E-state index is 0.0142. The van der Waals surface area contributed by atoms with Crippen LogP contribution in [0.15, 0.2) is 52.9 Å². The second-order valence-corrected chi connectivity index (χ2v) is 7.80. The Morgan fingerprint density at radius 3 is 2.62 bits per heavy atom. The number of hydrogen-bond donors (Lipinski definition) is 1. The van der Waals surface area contributed by atoms with Crippen LogP contribution in [0.4, 0.5) is 4.39 Å². The largest absolute Gasteiger partial charge is 0.456 e. The molecule has 7 nitrogen and oxygen atoms in total. The van der Waals surface area contributed by atoms with E-state index < -0.39 is 42.2 Å². The molecule has 2 unspecified atom stereocenters. The molecule has 0 radical (unpaired) electrons. The first-order chi connectivity index (χ1) is 15.3. The number of rotatable bonds is 6. The third-order valence-electron chi connectivity index (χ3n) is 5.61. The second-order valence-electron chi connectivity index (χ2n) is 7.80. The van der Waals surface area contributed by atoms with E-state index in [0.717, 1.165) is 5.39 Å². The Bertz CT molecular complexity index is 1190. The average molecular weight is 439 g/mol. The van der Waals surface area contributed by atoms with Gasteiger partial charge in [0.15, 0.2) is 12.4 Å². The lowest BCUT2D eigenvalue weighted by Gasteiger charge is -2.23. The number of ketones is 1. The lowest BCUT2D eigenvalue weighted by molar-refractivity contribution is -0.152. The molecule has 0 spiro atoms. The van der Waals surface area contributed by atoms with E-state index in [1.165, 1.54) is 23.1 Å². The molecule has 2 atom stereocenters.